The Bertz CT molecular complexity index is 6090. The number of piperazine rings is 3. The number of rotatable bonds is 12. The summed E-state index contributed by atoms with van der Waals surface area (Å²) >= 11 is 0. The van der Waals surface area contributed by atoms with Crippen LogP contribution in [0.2, 0.25) is 0 Å². The van der Waals surface area contributed by atoms with Crippen molar-refractivity contribution in [3.63, 3.8) is 0 Å². The third-order valence-electron chi connectivity index (χ3n) is 23.2. The van der Waals surface area contributed by atoms with E-state index in [4.69, 9.17) is 14.2 Å². The van der Waals surface area contributed by atoms with E-state index in [1.54, 1.807) is 51.5 Å². The van der Waals surface area contributed by atoms with Crippen molar-refractivity contribution < 1.29 is 70.3 Å². The number of anilines is 3. The van der Waals surface area contributed by atoms with Gasteiger partial charge in [0.25, 0.3) is 0 Å². The Morgan fingerprint density at radius 3 is 0.905 bits per heavy atom. The number of aromatic nitrogens is 12. The molecule has 36 heteroatoms. The molecule has 3 aromatic carbocycles. The number of hydrogen-bond donors (Lipinski definition) is 3. The Morgan fingerprint density at radius 2 is 0.667 bits per heavy atom. The number of aryl methyl sites for hydroxylation is 3. The Kier molecular flexibility index (Phi) is 22.6. The average Bonchev–Trinajstić information content (AvgIpc) is 1.33. The zero-order valence-electron chi connectivity index (χ0n) is 69.8. The van der Waals surface area contributed by atoms with Gasteiger partial charge in [0.15, 0.2) is 51.6 Å². The molecule has 0 saturated carbocycles. The molecule has 0 spiro atoms. The summed E-state index contributed by atoms with van der Waals surface area (Å²) in [6, 6.07) is 14.6. The fourth-order valence-corrected chi connectivity index (χ4v) is 17.1. The highest BCUT2D eigenvalue weighted by Crippen LogP contribution is 2.49. The number of pyridine rings is 6. The van der Waals surface area contributed by atoms with E-state index < -0.39 is 121 Å². The van der Waals surface area contributed by atoms with E-state index >= 15 is 26.3 Å². The molecular formula is C90H84F6N18O12. The van der Waals surface area contributed by atoms with Crippen LogP contribution in [0.5, 0.6) is 34.5 Å². The second kappa shape index (κ2) is 33.6. The number of phenols is 3. The van der Waals surface area contributed by atoms with E-state index in [0.29, 0.717) is 90.1 Å². The van der Waals surface area contributed by atoms with Gasteiger partial charge < -0.3 is 58.9 Å². The van der Waals surface area contributed by atoms with Gasteiger partial charge in [0, 0.05) is 77.5 Å². The minimum absolute atomic E-state index is 0.0256. The number of phenolic OH excluding ortho intramolecular Hbond substituents is 3. The smallest absolute Gasteiger partial charge is 0.355 e. The summed E-state index contributed by atoms with van der Waals surface area (Å²) in [4.78, 5) is 130. The molecule has 6 aliphatic heterocycles. The van der Waals surface area contributed by atoms with Crippen LogP contribution in [0.3, 0.4) is 0 Å². The molecule has 18 rings (SSSR count). The highest BCUT2D eigenvalue weighted by Gasteiger charge is 2.44. The van der Waals surface area contributed by atoms with Crippen LogP contribution in [0, 0.1) is 55.7 Å². The first-order valence-corrected chi connectivity index (χ1v) is 40.6. The van der Waals surface area contributed by atoms with E-state index in [1.807, 2.05) is 77.0 Å². The van der Waals surface area contributed by atoms with Crippen molar-refractivity contribution in [1.82, 2.24) is 73.3 Å². The summed E-state index contributed by atoms with van der Waals surface area (Å²) in [5.41, 5.74) is -0.0264. The number of hydrogen-bond acceptors (Lipinski definition) is 24. The van der Waals surface area contributed by atoms with E-state index in [1.165, 1.54) is 68.3 Å². The number of fused-ring (bicyclic) bond motifs is 6. The fraction of sp³-hybridized carbons (Fsp3) is 0.300. The number of aromatic hydroxyl groups is 3. The van der Waals surface area contributed by atoms with Gasteiger partial charge in [-0.05, 0) is 128 Å². The maximum atomic E-state index is 16.4. The molecule has 9 aromatic heterocycles. The van der Waals surface area contributed by atoms with Gasteiger partial charge in [0.05, 0.1) is 69.0 Å². The summed E-state index contributed by atoms with van der Waals surface area (Å²) in [6.07, 6.45) is 8.57. The zero-order chi connectivity index (χ0) is 89.6. The molecule has 0 unspecified atom stereocenters. The topological polar surface area (TPSA) is 341 Å². The quantitative estimate of drug-likeness (QED) is 0.0755. The van der Waals surface area contributed by atoms with Crippen LogP contribution in [-0.2, 0) is 14.4 Å². The van der Waals surface area contributed by atoms with Crippen LogP contribution in [-0.4, -0.2) is 203 Å². The predicted octanol–water partition coefficient (Wildman–Crippen LogP) is 11.6. The van der Waals surface area contributed by atoms with Gasteiger partial charge in [0.1, 0.15) is 105 Å². The SMILES string of the molecule is C=CC(=O)N1CCN2c3nc(=O)n(-c4c(C)ccnc4C(C)C)c4nc(-c5c(O)cccc5F)c(F)c(c34)OC[C@H]2C1.C=CC(=O)N1CCN2c3nc(=O)n(-c4c(C)ccnc4C(C)C)c4nc(-c5c(O)cccc5F)c(F)c(c34)OC[C@H]2C1.C=CC(=O)N1CCN2c3nc(=O)n(-c4c(C)ccnc4C(C)C)c4nc(-c5c(O)cccc5F)c(F)c(c34)OC[C@H]2C1. The number of benzene rings is 3. The summed E-state index contributed by atoms with van der Waals surface area (Å²) in [6.45, 7) is 30.0. The van der Waals surface area contributed by atoms with Gasteiger partial charge >= 0.3 is 17.1 Å². The molecule has 6 aliphatic rings. The standard InChI is InChI=1S/3C30H28F2N6O4/c3*1-5-20(40)36-11-12-37-17(13-36)14-42-27-22-28(37)35-30(41)38(26-16(4)9-10-33-24(26)15(2)3)29(22)34-25(23(27)32)21-18(31)7-6-8-19(21)39/h3*5-10,15,17,39H,1,11-14H2,2-4H3/t3*17-/m111/s1. The van der Waals surface area contributed by atoms with Crippen molar-refractivity contribution in [3.8, 4) is 85.3 Å². The molecule has 0 radical (unpaired) electrons. The van der Waals surface area contributed by atoms with Crippen molar-refractivity contribution in [2.45, 2.75) is 98.2 Å². The van der Waals surface area contributed by atoms with Crippen molar-refractivity contribution in [2.24, 2.45) is 0 Å². The maximum absolute atomic E-state index is 16.4. The normalized spacial score (nSPS) is 16.3. The lowest BCUT2D eigenvalue weighted by atomic mass is 10.0. The number of carbonyl (C=O) groups excluding carboxylic acids is 3. The third kappa shape index (κ3) is 14.5. The molecule has 3 saturated heterocycles. The molecular weight excluding hydrogens is 1640 g/mol. The van der Waals surface area contributed by atoms with E-state index in [-0.39, 0.29) is 143 Å². The zero-order valence-corrected chi connectivity index (χ0v) is 69.8. The van der Waals surface area contributed by atoms with Crippen molar-refractivity contribution in [3.05, 3.63) is 229 Å². The fourth-order valence-electron chi connectivity index (χ4n) is 17.1. The molecule has 648 valence electrons. The predicted molar refractivity (Wildman–Crippen MR) is 457 cm³/mol. The molecule has 15 heterocycles. The van der Waals surface area contributed by atoms with Crippen LogP contribution >= 0.6 is 0 Å². The Balaban J connectivity index is 0.000000139. The molecule has 12 aromatic rings. The van der Waals surface area contributed by atoms with Crippen molar-refractivity contribution in [2.75, 3.05) is 93.4 Å². The first kappa shape index (κ1) is 85.0. The molecule has 3 fully saturated rings. The van der Waals surface area contributed by atoms with Crippen LogP contribution in [0.4, 0.5) is 43.8 Å². The Hall–Kier alpha value is -14.6. The number of ether oxygens (including phenoxy) is 3. The molecule has 3 amide bonds. The second-order valence-electron chi connectivity index (χ2n) is 32.0. The summed E-state index contributed by atoms with van der Waals surface area (Å²) in [7, 11) is 0. The monoisotopic (exact) mass is 1720 g/mol. The number of halogens is 6. The van der Waals surface area contributed by atoms with Crippen LogP contribution in [0.15, 0.2) is 144 Å². The van der Waals surface area contributed by atoms with E-state index in [2.05, 4.69) is 64.6 Å². The number of carbonyl (C=O) groups is 3. The van der Waals surface area contributed by atoms with E-state index in [9.17, 15) is 44.1 Å². The highest BCUT2D eigenvalue weighted by atomic mass is 19.1. The number of amides is 3. The average molecular weight is 1720 g/mol. The van der Waals surface area contributed by atoms with Crippen LogP contribution < -0.4 is 46.0 Å². The largest absolute Gasteiger partial charge is 0.507 e. The Labute approximate surface area is 714 Å². The van der Waals surface area contributed by atoms with Crippen molar-refractivity contribution in [1.29, 1.82) is 0 Å². The van der Waals surface area contributed by atoms with Gasteiger partial charge in [-0.1, -0.05) is 79.5 Å². The van der Waals surface area contributed by atoms with Crippen LogP contribution in [0.25, 0.3) is 83.9 Å². The first-order valence-electron chi connectivity index (χ1n) is 40.6. The third-order valence-corrected chi connectivity index (χ3v) is 23.2. The van der Waals surface area contributed by atoms with Gasteiger partial charge in [-0.15, -0.1) is 0 Å². The lowest BCUT2D eigenvalue weighted by Crippen LogP contribution is -2.56. The lowest BCUT2D eigenvalue weighted by Gasteiger charge is -2.40. The summed E-state index contributed by atoms with van der Waals surface area (Å²) in [5, 5.41) is 32.1. The first-order chi connectivity index (χ1) is 60.3. The molecule has 30 nitrogen and oxygen atoms in total. The van der Waals surface area contributed by atoms with Gasteiger partial charge in [-0.3, -0.25) is 29.3 Å². The minimum Gasteiger partial charge on any atom is -0.507 e. The molecule has 3 N–H and O–H groups in total. The molecule has 126 heavy (non-hydrogen) atoms. The van der Waals surface area contributed by atoms with E-state index in [0.717, 1.165) is 18.2 Å². The van der Waals surface area contributed by atoms with Gasteiger partial charge in [-0.2, -0.15) is 15.0 Å². The van der Waals surface area contributed by atoms with Crippen LogP contribution in [0.1, 0.15) is 93.1 Å². The summed E-state index contributed by atoms with van der Waals surface area (Å²) in [5.74, 6) is -8.82. The minimum atomic E-state index is -1.01. The van der Waals surface area contributed by atoms with Gasteiger partial charge in [-0.25, -0.2) is 69.4 Å². The number of nitrogens with zero attached hydrogens (tertiary/aromatic N) is 18. The molecule has 0 bridgehead atoms. The Morgan fingerprint density at radius 1 is 0.405 bits per heavy atom. The summed E-state index contributed by atoms with van der Waals surface area (Å²) < 4.78 is 117. The molecule has 3 atom stereocenters. The lowest BCUT2D eigenvalue weighted by molar-refractivity contribution is -0.127. The highest BCUT2D eigenvalue weighted by molar-refractivity contribution is 6.01. The second-order valence-corrected chi connectivity index (χ2v) is 32.0. The van der Waals surface area contributed by atoms with Crippen molar-refractivity contribution >= 4 is 68.3 Å². The van der Waals surface area contributed by atoms with Gasteiger partial charge in [0.2, 0.25) is 17.7 Å². The molecule has 0 aliphatic carbocycles. The maximum Gasteiger partial charge on any atom is 0.355 e.